The fraction of sp³-hybridized carbons (Fsp3) is 0.158. The van der Waals surface area contributed by atoms with E-state index in [0.717, 1.165) is 27.8 Å². The minimum absolute atomic E-state index is 0.593. The molecule has 0 saturated carbocycles. The van der Waals surface area contributed by atoms with E-state index in [4.69, 9.17) is 0 Å². The normalized spacial score (nSPS) is 14.0. The van der Waals surface area contributed by atoms with Crippen LogP contribution in [0.4, 0.5) is 0 Å². The van der Waals surface area contributed by atoms with Crippen LogP contribution in [-0.2, 0) is 29.6 Å². The molecule has 0 aromatic heterocycles. The number of rotatable bonds is 5. The molecule has 2 aromatic carbocycles. The van der Waals surface area contributed by atoms with Crippen LogP contribution < -0.4 is 0 Å². The van der Waals surface area contributed by atoms with Gasteiger partial charge in [0.15, 0.2) is 0 Å². The molecule has 0 aliphatic heterocycles. The quantitative estimate of drug-likeness (QED) is 0.384. The monoisotopic (exact) mass is 357 g/mol. The van der Waals surface area contributed by atoms with Gasteiger partial charge in [-0.3, -0.25) is 0 Å². The van der Waals surface area contributed by atoms with Crippen molar-refractivity contribution >= 4 is 13.3 Å². The Morgan fingerprint density at radius 2 is 1.48 bits per heavy atom. The molecule has 1 unspecified atom stereocenters. The summed E-state index contributed by atoms with van der Waals surface area (Å²) in [6.07, 6.45) is 0. The first-order valence-corrected chi connectivity index (χ1v) is 9.50. The summed E-state index contributed by atoms with van der Waals surface area (Å²) in [6.45, 7) is 3.90. The Kier molecular flexibility index (Phi) is 6.53. The minimum atomic E-state index is -2.60. The number of benzene rings is 2. The second kappa shape index (κ2) is 8.40. The van der Waals surface area contributed by atoms with Gasteiger partial charge in [0.2, 0.25) is 0 Å². The van der Waals surface area contributed by atoms with Crippen molar-refractivity contribution in [1.29, 1.82) is 0 Å². The van der Waals surface area contributed by atoms with Gasteiger partial charge < -0.3 is 0 Å². The molecule has 0 bridgehead atoms. The predicted molar refractivity (Wildman–Crippen MR) is 90.3 cm³/mol. The molecule has 1 atom stereocenters. The van der Waals surface area contributed by atoms with E-state index in [-0.39, 0.29) is 0 Å². The second-order valence-electron chi connectivity index (χ2n) is 5.33. The summed E-state index contributed by atoms with van der Waals surface area (Å²) >= 11 is 1.98. The number of allylic oxidation sites excluding steroid dienone is 3. The predicted octanol–water partition coefficient (Wildman–Crippen LogP) is 5.82. The van der Waals surface area contributed by atoms with Gasteiger partial charge in [0, 0.05) is 0 Å². The van der Waals surface area contributed by atoms with Gasteiger partial charge in [0.25, 0.3) is 0 Å². The molecule has 0 spiro atoms. The van der Waals surface area contributed by atoms with Crippen molar-refractivity contribution in [1.82, 2.24) is 0 Å². The van der Waals surface area contributed by atoms with Gasteiger partial charge in [-0.25, -0.2) is 0 Å². The standard InChI is InChI=1S/C19H18O2P.Ti/c1-14(15(2)17-10-6-4-7-11-17)16(3)19(22(20)21)18-12-8-5-9-13-18;/h2,4-13,19H,1,3H3;. The topological polar surface area (TPSA) is 34.1 Å². The summed E-state index contributed by atoms with van der Waals surface area (Å²) in [5.74, 6) is 0. The van der Waals surface area contributed by atoms with E-state index in [9.17, 15) is 9.13 Å². The second-order valence-corrected chi connectivity index (χ2v) is 6.87. The van der Waals surface area contributed by atoms with Crippen LogP contribution in [0.3, 0.4) is 0 Å². The molecule has 2 aromatic rings. The van der Waals surface area contributed by atoms with Crippen molar-refractivity contribution in [3.8, 4) is 0 Å². The van der Waals surface area contributed by atoms with Crippen molar-refractivity contribution < 1.29 is 29.6 Å². The molecular formula is C19H18O2PTi. The molecule has 0 fully saturated rings. The van der Waals surface area contributed by atoms with E-state index in [0.29, 0.717) is 0 Å². The molecule has 0 aliphatic carbocycles. The third-order valence-corrected chi connectivity index (χ3v) is 5.52. The van der Waals surface area contributed by atoms with Gasteiger partial charge in [-0.05, 0) is 0 Å². The molecule has 4 heteroatoms. The average molecular weight is 357 g/mol. The molecule has 0 amide bonds. The van der Waals surface area contributed by atoms with Gasteiger partial charge in [0.05, 0.1) is 0 Å². The number of hydrogen-bond acceptors (Lipinski definition) is 2. The van der Waals surface area contributed by atoms with Crippen LogP contribution in [0.5, 0.6) is 0 Å². The van der Waals surface area contributed by atoms with Gasteiger partial charge >= 0.3 is 150 Å². The Morgan fingerprint density at radius 3 is 1.96 bits per heavy atom. The van der Waals surface area contributed by atoms with Crippen LogP contribution in [0.2, 0.25) is 0 Å². The van der Waals surface area contributed by atoms with Crippen molar-refractivity contribution in [2.75, 3.05) is 0 Å². The molecule has 0 radical (unpaired) electrons. The first-order valence-electron chi connectivity index (χ1n) is 7.35. The van der Waals surface area contributed by atoms with Gasteiger partial charge in [0.1, 0.15) is 0 Å². The third kappa shape index (κ3) is 4.29. The zero-order valence-corrected chi connectivity index (χ0v) is 15.6. The molecule has 0 saturated heterocycles. The molecule has 2 nitrogen and oxygen atoms in total. The van der Waals surface area contributed by atoms with Crippen molar-refractivity contribution in [2.24, 2.45) is 0 Å². The first kappa shape index (κ1) is 17.9. The van der Waals surface area contributed by atoms with E-state index in [1.807, 2.05) is 99.3 Å². The summed E-state index contributed by atoms with van der Waals surface area (Å²) in [4.78, 5) is 0. The zero-order chi connectivity index (χ0) is 16.8. The summed E-state index contributed by atoms with van der Waals surface area (Å²) in [5.41, 5.74) is 4.26. The van der Waals surface area contributed by atoms with Crippen LogP contribution >= 0.6 is 7.68 Å². The maximum atomic E-state index is 11.9. The molecular weight excluding hydrogens is 339 g/mol. The van der Waals surface area contributed by atoms with E-state index in [1.54, 1.807) is 0 Å². The van der Waals surface area contributed by atoms with Crippen LogP contribution in [0, 0.1) is 0 Å². The van der Waals surface area contributed by atoms with Crippen molar-refractivity contribution in [3.05, 3.63) is 87.3 Å². The SMILES string of the molecule is CC(C(=[CH][Ti])c1ccccc1)=C(C)C(c1ccccc1)P(=O)=O. The molecule has 0 N–H and O–H groups in total. The summed E-state index contributed by atoms with van der Waals surface area (Å²) in [6, 6.07) is 19.4. The van der Waals surface area contributed by atoms with Crippen LogP contribution in [-0.4, -0.2) is 0 Å². The molecule has 23 heavy (non-hydrogen) atoms. The Morgan fingerprint density at radius 1 is 0.957 bits per heavy atom. The Labute approximate surface area is 149 Å². The molecule has 0 heterocycles. The van der Waals surface area contributed by atoms with Crippen LogP contribution in [0.15, 0.2) is 76.2 Å². The Hall–Kier alpha value is -1.47. The molecule has 0 aliphatic rings. The average Bonchev–Trinajstić information content (AvgIpc) is 2.57. The van der Waals surface area contributed by atoms with Crippen molar-refractivity contribution in [2.45, 2.75) is 19.5 Å². The summed E-state index contributed by atoms with van der Waals surface area (Å²) < 4.78 is 25.8. The van der Waals surface area contributed by atoms with E-state index < -0.39 is 13.3 Å². The first-order chi connectivity index (χ1) is 11.1. The Bertz CT molecular complexity index is 783. The van der Waals surface area contributed by atoms with E-state index in [1.165, 1.54) is 0 Å². The van der Waals surface area contributed by atoms with Gasteiger partial charge in [-0.1, -0.05) is 0 Å². The van der Waals surface area contributed by atoms with Gasteiger partial charge in [-0.2, -0.15) is 0 Å². The van der Waals surface area contributed by atoms with Crippen LogP contribution in [0.25, 0.3) is 5.57 Å². The van der Waals surface area contributed by atoms with E-state index >= 15 is 0 Å². The summed E-state index contributed by atoms with van der Waals surface area (Å²) in [7, 11) is -2.60. The maximum absolute atomic E-state index is 11.9. The molecule has 2 rings (SSSR count). The van der Waals surface area contributed by atoms with E-state index in [2.05, 4.69) is 0 Å². The van der Waals surface area contributed by atoms with Crippen molar-refractivity contribution in [3.63, 3.8) is 0 Å². The fourth-order valence-electron chi connectivity index (χ4n) is 2.61. The number of hydrogen-bond donors (Lipinski definition) is 0. The fourth-order valence-corrected chi connectivity index (χ4v) is 4.13. The zero-order valence-electron chi connectivity index (χ0n) is 13.2. The van der Waals surface area contributed by atoms with Gasteiger partial charge in [-0.15, -0.1) is 0 Å². The molecule has 115 valence electrons. The third-order valence-electron chi connectivity index (χ3n) is 3.96. The Balaban J connectivity index is 2.53. The summed E-state index contributed by atoms with van der Waals surface area (Å²) in [5, 5.41) is 0. The van der Waals surface area contributed by atoms with Crippen LogP contribution in [0.1, 0.15) is 30.6 Å².